The first-order chi connectivity index (χ1) is 48.0. The summed E-state index contributed by atoms with van der Waals surface area (Å²) in [5, 5.41) is 54.0. The first-order valence-electron chi connectivity index (χ1n) is 36.4. The van der Waals surface area contributed by atoms with Crippen molar-refractivity contribution < 1.29 is 72.4 Å². The number of aliphatic imine (C=N–C) groups is 1. The van der Waals surface area contributed by atoms with Crippen LogP contribution >= 0.6 is 0 Å². The van der Waals surface area contributed by atoms with Crippen LogP contribution in [0.4, 0.5) is 0 Å². The Hall–Kier alpha value is -6.84. The van der Waals surface area contributed by atoms with E-state index in [1.807, 2.05) is 25.2 Å². The Morgan fingerprint density at radius 2 is 1.61 bits per heavy atom. The predicted octanol–water partition coefficient (Wildman–Crippen LogP) is 10.2. The molecule has 0 amide bonds. The van der Waals surface area contributed by atoms with E-state index in [2.05, 4.69) is 158 Å². The summed E-state index contributed by atoms with van der Waals surface area (Å²) in [5.74, 6) is 3.32. The molecule has 12 aliphatic rings. The molecule has 510 valence electrons. The molecule has 0 unspecified atom stereocenters. The summed E-state index contributed by atoms with van der Waals surface area (Å²) in [6.45, 7) is 2.80. The van der Waals surface area contributed by atoms with E-state index in [-0.39, 0.29) is 114 Å². The van der Waals surface area contributed by atoms with Crippen molar-refractivity contribution in [3.8, 4) is 23.3 Å². The topological polar surface area (TPSA) is 233 Å². The third-order valence-corrected chi connectivity index (χ3v) is 27.1. The van der Waals surface area contributed by atoms with Crippen molar-refractivity contribution in [2.45, 2.75) is 155 Å². The van der Waals surface area contributed by atoms with Gasteiger partial charge in [-0.05, 0) is 245 Å². The van der Waals surface area contributed by atoms with Crippen LogP contribution in [0.15, 0.2) is 168 Å². The van der Waals surface area contributed by atoms with Gasteiger partial charge in [-0.25, -0.2) is 13.4 Å². The van der Waals surface area contributed by atoms with Gasteiger partial charge in [0.25, 0.3) is 0 Å². The second-order valence-electron chi connectivity index (χ2n) is 31.0. The number of rotatable bonds is 9. The maximum atomic E-state index is 14.9. The number of aryl methyl sites for hydroxylation is 2. The summed E-state index contributed by atoms with van der Waals surface area (Å²) in [6, 6.07) is 45.6. The van der Waals surface area contributed by atoms with Crippen LogP contribution in [0.25, 0.3) is 16.8 Å². The first-order valence-corrected chi connectivity index (χ1v) is 37.8. The van der Waals surface area contributed by atoms with Gasteiger partial charge in [-0.2, -0.15) is 0 Å². The molecule has 14 bridgehead atoms. The molecule has 19 rings (SSSR count). The molecule has 7 aliphatic carbocycles. The Morgan fingerprint density at radius 1 is 0.810 bits per heavy atom. The smallest absolute Gasteiger partial charge is 0.748 e. The van der Waals surface area contributed by atoms with Crippen LogP contribution in [0.5, 0.6) is 11.5 Å². The molecule has 0 radical (unpaired) electrons. The fourth-order valence-corrected chi connectivity index (χ4v) is 22.6. The average molecular weight is 1370 g/mol. The van der Waals surface area contributed by atoms with Crippen molar-refractivity contribution in [2.75, 3.05) is 13.7 Å². The number of aliphatic hydroxyl groups excluding tert-OH is 2. The van der Waals surface area contributed by atoms with Crippen molar-refractivity contribution in [3.05, 3.63) is 241 Å². The number of nitrogens with zero attached hydrogens (tertiary/aromatic N) is 1. The minimum Gasteiger partial charge on any atom is -0.748 e. The summed E-state index contributed by atoms with van der Waals surface area (Å²) < 4.78 is 58.9. The number of guanidine groups is 1. The molecule has 19 atom stereocenters. The molecular weight excluding hydrogens is 1280 g/mol. The van der Waals surface area contributed by atoms with E-state index >= 15 is 0 Å². The minimum absolute atomic E-state index is 0. The largest absolute Gasteiger partial charge is 1.00 e. The number of nitrogens with one attached hydrogen (secondary N) is 1. The normalized spacial score (nSPS) is 33.3. The maximum Gasteiger partial charge on any atom is 1.00 e. The Balaban J connectivity index is 0.00000778. The van der Waals surface area contributed by atoms with Crippen LogP contribution in [0.3, 0.4) is 0 Å². The fraction of sp³-hybridized carbons (Fsp3) is 0.424. The Labute approximate surface area is 609 Å². The molecule has 1 saturated heterocycles. The number of hydrogen-bond donors (Lipinski definition) is 7. The third kappa shape index (κ3) is 11.5. The number of allylic oxidation sites excluding steroid dienone is 2. The fourth-order valence-electron chi connectivity index (χ4n) is 21.6. The van der Waals surface area contributed by atoms with Crippen molar-refractivity contribution in [3.63, 3.8) is 0 Å². The molecule has 13 nitrogen and oxygen atoms in total. The Kier molecular flexibility index (Phi) is 17.9. The Morgan fingerprint density at radius 3 is 2.41 bits per heavy atom. The number of hydrogen-bond acceptors (Lipinski definition) is 11. The standard InChI is InChI=1S/C85H90N4O9S.Na/c1-47-14-15-55-40-63-25-30-65(55)71(47)44-77(99(94,95)96)72-42-59-38-58(41-64-34-49(46-90)10-6-12-52-39-62(91)24-29-69(52)82(59)97-64)78(72)51-16-22-61(23-17-51)85(98-63,89-83(86)87)76-43-56-21-32-74-66(31-33-73(56)84(74,93)75(76)35-48-8-4-3-5-9-48)53-20-27-68-54(36-53)19-26-67-60(45-88-2)37-57-13-7-11-50-18-28-70(81(68)92)80(67)79(50)57;/h3-5,7-9,11,13,16-18,20-25,27-30,32,36-37,39-40,42,47,49,56,58,64,66,70-78,81-82,88,90-93H,10,14-15,19,26,31,33-35,38,41,43-46H2,1-2H3,(H4,86,87,89)(H,94,95,96);/q;+1/p-1/t47-,49+,56-,58-,64-,66+,70-,71+,72-,73-,74-,75-,76+,77-,78+,81+,82-,84-,85-;/m1./s1. The number of aliphatic hydroxyl groups is 3. The van der Waals surface area contributed by atoms with E-state index in [1.165, 1.54) is 33.0 Å². The molecule has 5 aliphatic heterocycles. The van der Waals surface area contributed by atoms with Gasteiger partial charge in [-0.3, -0.25) is 0 Å². The Bertz CT molecular complexity index is 4670. The van der Waals surface area contributed by atoms with Gasteiger partial charge in [0.1, 0.15) is 17.6 Å². The van der Waals surface area contributed by atoms with E-state index in [1.54, 1.807) is 12.1 Å². The van der Waals surface area contributed by atoms with E-state index < -0.39 is 62.6 Å². The van der Waals surface area contributed by atoms with Crippen LogP contribution in [0.2, 0.25) is 0 Å². The number of benzene rings is 7. The van der Waals surface area contributed by atoms with Crippen LogP contribution in [0, 0.1) is 65.1 Å². The molecule has 5 heterocycles. The molecule has 7 aromatic carbocycles. The molecule has 0 spiro atoms. The second-order valence-corrected chi connectivity index (χ2v) is 32.6. The number of nitrogens with two attached hydrogens (primary N) is 2. The third-order valence-electron chi connectivity index (χ3n) is 25.8. The monoisotopic (exact) mass is 1360 g/mol. The van der Waals surface area contributed by atoms with Gasteiger partial charge in [0, 0.05) is 59.9 Å². The van der Waals surface area contributed by atoms with Gasteiger partial charge >= 0.3 is 29.6 Å². The summed E-state index contributed by atoms with van der Waals surface area (Å²) in [7, 11) is -2.99. The maximum absolute atomic E-state index is 14.9. The molecule has 9 N–H and O–H groups in total. The van der Waals surface area contributed by atoms with Crippen molar-refractivity contribution >= 4 is 32.9 Å². The van der Waals surface area contributed by atoms with Gasteiger partial charge in [0.05, 0.1) is 33.2 Å². The quantitative estimate of drug-likeness (QED) is 0.0179. The summed E-state index contributed by atoms with van der Waals surface area (Å²) >= 11 is 0. The van der Waals surface area contributed by atoms with Crippen molar-refractivity contribution in [1.82, 2.24) is 5.32 Å². The summed E-state index contributed by atoms with van der Waals surface area (Å²) in [6.07, 6.45) is 17.3. The number of phenolic OH excluding ortho intramolecular Hbond substituents is 1. The number of ether oxygens (including phenoxy) is 2. The van der Waals surface area contributed by atoms with Crippen LogP contribution < -0.4 is 51.1 Å². The van der Waals surface area contributed by atoms with Crippen LogP contribution in [-0.4, -0.2) is 70.0 Å². The van der Waals surface area contributed by atoms with Crippen LogP contribution in [0.1, 0.15) is 178 Å². The summed E-state index contributed by atoms with van der Waals surface area (Å²) in [4.78, 5) is 5.47. The molecule has 100 heavy (non-hydrogen) atoms. The molecule has 2 saturated carbocycles. The molecule has 3 fully saturated rings. The van der Waals surface area contributed by atoms with Gasteiger partial charge in [0.2, 0.25) is 5.72 Å². The first kappa shape index (κ1) is 67.6. The van der Waals surface area contributed by atoms with Crippen LogP contribution in [-0.2, 0) is 52.8 Å². The molecule has 15 heteroatoms. The molecular formula is C85H89N4NaO9S. The molecule has 7 aromatic rings. The van der Waals surface area contributed by atoms with Gasteiger partial charge in [0.15, 0.2) is 5.96 Å². The van der Waals surface area contributed by atoms with Gasteiger partial charge < -0.3 is 51.2 Å². The molecule has 0 aromatic heterocycles. The van der Waals surface area contributed by atoms with E-state index in [9.17, 15) is 33.4 Å². The van der Waals surface area contributed by atoms with E-state index in [0.29, 0.717) is 61.8 Å². The van der Waals surface area contributed by atoms with Gasteiger partial charge in [-0.15, -0.1) is 0 Å². The predicted molar refractivity (Wildman–Crippen MR) is 384 cm³/mol. The van der Waals surface area contributed by atoms with Gasteiger partial charge in [-0.1, -0.05) is 152 Å². The second kappa shape index (κ2) is 26.5. The zero-order valence-corrected chi connectivity index (χ0v) is 60.2. The van der Waals surface area contributed by atoms with E-state index in [0.717, 1.165) is 88.7 Å². The number of fused-ring (bicyclic) bond motifs is 9. The van der Waals surface area contributed by atoms with E-state index in [4.69, 9.17) is 25.9 Å². The number of phenols is 1. The number of aromatic hydroxyl groups is 1. The van der Waals surface area contributed by atoms with Crippen molar-refractivity contribution in [2.24, 2.45) is 69.7 Å². The zero-order valence-electron chi connectivity index (χ0n) is 57.4. The minimum atomic E-state index is -4.99. The summed E-state index contributed by atoms with van der Waals surface area (Å²) in [5.41, 5.74) is 26.0. The SMILES string of the molecule is CNCc1cc2cccc3c2c2c1CCc1cc([C@@H]4CC[C@@H]5[C@@H]6C=C[C@H]4[C@@]5(O)[C@H](Cc4ccccc4)[C@@H]([C@]4(N=C(N)N)Oc5ccc7c(c5)CC[C@@H](C)[C@@H]7C[C@@H](S(=O)(=O)[O-])[C@H]5C=C7C[C@H](C[C@H]8C[C@@H](CO)CC#Cc9cc(O)ccc9[C@@H]7O8)[C@@H]5c5ccc4cc5)C6)ccc1[C@H](O)[C@@H]2C=C3.[Na+]. The van der Waals surface area contributed by atoms with Crippen molar-refractivity contribution in [1.29, 1.82) is 0 Å². The average Bonchev–Trinajstić information content (AvgIpc) is 0.723. The zero-order chi connectivity index (χ0) is 67.8.